The zero-order valence-corrected chi connectivity index (χ0v) is 11.3. The lowest BCUT2D eigenvalue weighted by atomic mass is 10.1. The Labute approximate surface area is 110 Å². The highest BCUT2D eigenvalue weighted by molar-refractivity contribution is 7.60. The summed E-state index contributed by atoms with van der Waals surface area (Å²) in [5, 5.41) is -0.148. The SMILES string of the molecule is CCCc1c(N)oc(-c2ccccn2)c1P(=O)(O)O. The average molecular weight is 282 g/mol. The number of nitrogen functional groups attached to an aromatic ring is 1. The lowest BCUT2D eigenvalue weighted by Crippen LogP contribution is -2.11. The van der Waals surface area contributed by atoms with Crippen molar-refractivity contribution in [3.05, 3.63) is 30.0 Å². The van der Waals surface area contributed by atoms with Gasteiger partial charge in [0.05, 0.1) is 0 Å². The normalized spacial score (nSPS) is 11.7. The van der Waals surface area contributed by atoms with Crippen molar-refractivity contribution >= 4 is 18.8 Å². The first-order valence-electron chi connectivity index (χ1n) is 5.83. The van der Waals surface area contributed by atoms with E-state index >= 15 is 0 Å². The van der Waals surface area contributed by atoms with Gasteiger partial charge in [-0.15, -0.1) is 0 Å². The van der Waals surface area contributed by atoms with Crippen molar-refractivity contribution in [3.63, 3.8) is 0 Å². The fourth-order valence-electron chi connectivity index (χ4n) is 1.94. The molecular formula is C12H15N2O4P. The number of rotatable bonds is 4. The van der Waals surface area contributed by atoms with Crippen molar-refractivity contribution in [2.24, 2.45) is 0 Å². The molecule has 0 fully saturated rings. The van der Waals surface area contributed by atoms with Crippen molar-refractivity contribution in [1.82, 2.24) is 4.98 Å². The maximum absolute atomic E-state index is 11.7. The molecule has 0 aliphatic heterocycles. The molecule has 102 valence electrons. The predicted molar refractivity (Wildman–Crippen MR) is 72.0 cm³/mol. The molecule has 0 spiro atoms. The van der Waals surface area contributed by atoms with Crippen LogP contribution in [0.25, 0.3) is 11.5 Å². The summed E-state index contributed by atoms with van der Waals surface area (Å²) in [7, 11) is -4.48. The molecule has 4 N–H and O–H groups in total. The molecule has 19 heavy (non-hydrogen) atoms. The number of aromatic nitrogens is 1. The molecule has 0 aromatic carbocycles. The highest BCUT2D eigenvalue weighted by atomic mass is 31.2. The second kappa shape index (κ2) is 5.17. The summed E-state index contributed by atoms with van der Waals surface area (Å²) in [5.41, 5.74) is 6.45. The third kappa shape index (κ3) is 2.71. The van der Waals surface area contributed by atoms with Crippen LogP contribution in [-0.4, -0.2) is 14.8 Å². The Morgan fingerprint density at radius 2 is 2.16 bits per heavy atom. The van der Waals surface area contributed by atoms with Crippen molar-refractivity contribution in [2.75, 3.05) is 5.73 Å². The zero-order valence-electron chi connectivity index (χ0n) is 10.4. The van der Waals surface area contributed by atoms with Crippen LogP contribution < -0.4 is 11.0 Å². The van der Waals surface area contributed by atoms with E-state index in [0.717, 1.165) is 0 Å². The maximum atomic E-state index is 11.7. The Kier molecular flexibility index (Phi) is 3.75. The van der Waals surface area contributed by atoms with Crippen LogP contribution in [0, 0.1) is 0 Å². The van der Waals surface area contributed by atoms with E-state index < -0.39 is 7.60 Å². The van der Waals surface area contributed by atoms with Crippen molar-refractivity contribution in [1.29, 1.82) is 0 Å². The lowest BCUT2D eigenvalue weighted by Gasteiger charge is -2.06. The second-order valence-corrected chi connectivity index (χ2v) is 5.67. The largest absolute Gasteiger partial charge is 0.438 e. The molecule has 0 bridgehead atoms. The number of nitrogens with two attached hydrogens (primary N) is 1. The Morgan fingerprint density at radius 3 is 2.68 bits per heavy atom. The minimum atomic E-state index is -4.48. The molecule has 2 aromatic heterocycles. The number of pyridine rings is 1. The van der Waals surface area contributed by atoms with Gasteiger partial charge in [0, 0.05) is 11.8 Å². The van der Waals surface area contributed by atoms with Gasteiger partial charge in [0.2, 0.25) is 0 Å². The van der Waals surface area contributed by atoms with Crippen molar-refractivity contribution in [3.8, 4) is 11.5 Å². The maximum Gasteiger partial charge on any atom is 0.360 e. The van der Waals surface area contributed by atoms with E-state index in [9.17, 15) is 14.4 Å². The van der Waals surface area contributed by atoms with Crippen LogP contribution >= 0.6 is 7.60 Å². The molecule has 0 atom stereocenters. The van der Waals surface area contributed by atoms with E-state index in [4.69, 9.17) is 10.2 Å². The molecule has 2 rings (SSSR count). The van der Waals surface area contributed by atoms with Crippen LogP contribution in [-0.2, 0) is 11.0 Å². The smallest absolute Gasteiger partial charge is 0.360 e. The van der Waals surface area contributed by atoms with Crippen molar-refractivity contribution < 1.29 is 18.8 Å². The second-order valence-electron chi connectivity index (χ2n) is 4.13. The average Bonchev–Trinajstić information content (AvgIpc) is 2.68. The quantitative estimate of drug-likeness (QED) is 0.736. The van der Waals surface area contributed by atoms with E-state index in [1.807, 2.05) is 6.92 Å². The third-order valence-corrected chi connectivity index (χ3v) is 3.75. The predicted octanol–water partition coefficient (Wildman–Crippen LogP) is 1.68. The lowest BCUT2D eigenvalue weighted by molar-refractivity contribution is 0.387. The van der Waals surface area contributed by atoms with Gasteiger partial charge < -0.3 is 19.9 Å². The first-order valence-corrected chi connectivity index (χ1v) is 7.45. The van der Waals surface area contributed by atoms with Crippen LogP contribution in [0.4, 0.5) is 5.88 Å². The molecular weight excluding hydrogens is 267 g/mol. The summed E-state index contributed by atoms with van der Waals surface area (Å²) in [6.07, 6.45) is 2.68. The molecule has 2 aromatic rings. The minimum Gasteiger partial charge on any atom is -0.438 e. The van der Waals surface area contributed by atoms with Gasteiger partial charge in [-0.3, -0.25) is 9.55 Å². The number of nitrogens with zero attached hydrogens (tertiary/aromatic N) is 1. The van der Waals surface area contributed by atoms with E-state index in [0.29, 0.717) is 24.1 Å². The van der Waals surface area contributed by atoms with Crippen LogP contribution in [0.1, 0.15) is 18.9 Å². The molecule has 0 aliphatic carbocycles. The minimum absolute atomic E-state index is 0.0424. The van der Waals surface area contributed by atoms with Gasteiger partial charge in [-0.2, -0.15) is 0 Å². The van der Waals surface area contributed by atoms with Crippen LogP contribution in [0.15, 0.2) is 28.8 Å². The topological polar surface area (TPSA) is 110 Å². The van der Waals surface area contributed by atoms with Crippen LogP contribution in [0.3, 0.4) is 0 Å². The fraction of sp³-hybridized carbons (Fsp3) is 0.250. The van der Waals surface area contributed by atoms with Crippen molar-refractivity contribution in [2.45, 2.75) is 19.8 Å². The number of furan rings is 1. The van der Waals surface area contributed by atoms with Gasteiger partial charge in [-0.1, -0.05) is 19.4 Å². The van der Waals surface area contributed by atoms with Crippen LogP contribution in [0.2, 0.25) is 0 Å². The van der Waals surface area contributed by atoms with Gasteiger partial charge in [-0.05, 0) is 18.6 Å². The Morgan fingerprint density at radius 1 is 1.42 bits per heavy atom. The molecule has 2 heterocycles. The molecule has 7 heteroatoms. The van der Waals surface area contributed by atoms with E-state index in [1.54, 1.807) is 18.2 Å². The van der Waals surface area contributed by atoms with Crippen LogP contribution in [0.5, 0.6) is 0 Å². The number of hydrogen-bond acceptors (Lipinski definition) is 4. The summed E-state index contributed by atoms with van der Waals surface area (Å²) in [4.78, 5) is 23.1. The standard InChI is InChI=1S/C12H15N2O4P/c1-2-5-8-11(19(15,16)17)10(18-12(8)13)9-6-3-4-7-14-9/h3-4,6-7H,2,5,13H2,1H3,(H2,15,16,17). The Bertz CT molecular complexity index is 618. The molecule has 0 saturated carbocycles. The van der Waals surface area contributed by atoms with Gasteiger partial charge >= 0.3 is 7.60 Å². The van der Waals surface area contributed by atoms with Gasteiger partial charge in [0.15, 0.2) is 11.6 Å². The first kappa shape index (κ1) is 13.8. The third-order valence-electron chi connectivity index (χ3n) is 2.70. The summed E-state index contributed by atoms with van der Waals surface area (Å²) in [6, 6.07) is 5.04. The molecule has 6 nitrogen and oxygen atoms in total. The van der Waals surface area contributed by atoms with Gasteiger partial charge in [0.1, 0.15) is 11.0 Å². The molecule has 0 amide bonds. The fourth-order valence-corrected chi connectivity index (χ4v) is 2.94. The molecule has 0 aliphatic rings. The zero-order chi connectivity index (χ0) is 14.0. The Balaban J connectivity index is 2.69. The number of anilines is 1. The molecule has 0 unspecified atom stereocenters. The Hall–Kier alpha value is -1.62. The molecule has 0 saturated heterocycles. The number of hydrogen-bond donors (Lipinski definition) is 3. The van der Waals surface area contributed by atoms with E-state index in [1.165, 1.54) is 6.20 Å². The summed E-state index contributed by atoms with van der Waals surface area (Å²) < 4.78 is 17.0. The highest BCUT2D eigenvalue weighted by Crippen LogP contribution is 2.42. The summed E-state index contributed by atoms with van der Waals surface area (Å²) >= 11 is 0. The van der Waals surface area contributed by atoms with E-state index in [2.05, 4.69) is 4.98 Å². The summed E-state index contributed by atoms with van der Waals surface area (Å²) in [6.45, 7) is 1.90. The van der Waals surface area contributed by atoms with E-state index in [-0.39, 0.29) is 16.9 Å². The monoisotopic (exact) mass is 282 g/mol. The molecule has 0 radical (unpaired) electrons. The first-order chi connectivity index (χ1) is 8.95. The van der Waals surface area contributed by atoms with Gasteiger partial charge in [0.25, 0.3) is 0 Å². The summed E-state index contributed by atoms with van der Waals surface area (Å²) in [5.74, 6) is 0.0933. The van der Waals surface area contributed by atoms with Gasteiger partial charge in [-0.25, -0.2) is 0 Å². The highest BCUT2D eigenvalue weighted by Gasteiger charge is 2.32.